The van der Waals surface area contributed by atoms with Crippen molar-refractivity contribution >= 4 is 5.97 Å². The summed E-state index contributed by atoms with van der Waals surface area (Å²) in [5, 5.41) is 0. The van der Waals surface area contributed by atoms with Gasteiger partial charge in [-0.1, -0.05) is 60.7 Å². The quantitative estimate of drug-likeness (QED) is 0.710. The fourth-order valence-corrected chi connectivity index (χ4v) is 2.26. The van der Waals surface area contributed by atoms with E-state index < -0.39 is 18.0 Å². The number of rotatable bonds is 4. The topological polar surface area (TPSA) is 55.0 Å². The number of hydrogen-bond donors (Lipinski definition) is 1. The minimum absolute atomic E-state index is 0.0473. The Labute approximate surface area is 141 Å². The highest BCUT2D eigenvalue weighted by atomic mass is 19.4. The summed E-state index contributed by atoms with van der Waals surface area (Å²) in [5.41, 5.74) is 0.703. The summed E-state index contributed by atoms with van der Waals surface area (Å²) in [6.07, 6.45) is -4.69. The molecule has 1 N–H and O–H groups in total. The molecular weight excluding hydrogens is 333 g/mol. The van der Waals surface area contributed by atoms with E-state index in [1.54, 1.807) is 54.6 Å². The van der Waals surface area contributed by atoms with Gasteiger partial charge in [0.1, 0.15) is 12.3 Å². The molecule has 0 saturated carbocycles. The van der Waals surface area contributed by atoms with Crippen LogP contribution in [0.1, 0.15) is 21.9 Å². The number of alkyl halides is 3. The maximum absolute atomic E-state index is 13.0. The van der Waals surface area contributed by atoms with Gasteiger partial charge in [0.15, 0.2) is 5.69 Å². The van der Waals surface area contributed by atoms with Gasteiger partial charge in [-0.25, -0.2) is 9.78 Å². The summed E-state index contributed by atoms with van der Waals surface area (Å²) < 4.78 is 44.0. The van der Waals surface area contributed by atoms with Crippen LogP contribution >= 0.6 is 0 Å². The van der Waals surface area contributed by atoms with Crippen LogP contribution in [-0.2, 0) is 17.5 Å². The molecule has 0 fully saturated rings. The molecule has 0 amide bonds. The zero-order valence-electron chi connectivity index (χ0n) is 12.9. The molecule has 0 atom stereocenters. The number of aromatic amines is 1. The average molecular weight is 346 g/mol. The van der Waals surface area contributed by atoms with Crippen molar-refractivity contribution in [3.05, 3.63) is 77.7 Å². The van der Waals surface area contributed by atoms with Gasteiger partial charge in [0.05, 0.1) is 0 Å². The number of carbonyl (C=O) groups is 1. The van der Waals surface area contributed by atoms with E-state index in [9.17, 15) is 18.0 Å². The maximum Gasteiger partial charge on any atom is 0.449 e. The summed E-state index contributed by atoms with van der Waals surface area (Å²) >= 11 is 0. The highest BCUT2D eigenvalue weighted by molar-refractivity contribution is 5.94. The number of carbonyl (C=O) groups excluding carboxylic acids is 1. The molecule has 0 aliphatic heterocycles. The molecule has 2 aromatic carbocycles. The number of hydrogen-bond acceptors (Lipinski definition) is 3. The molecule has 3 rings (SSSR count). The number of H-pyrrole nitrogens is 1. The van der Waals surface area contributed by atoms with Crippen molar-refractivity contribution in [2.24, 2.45) is 0 Å². The Morgan fingerprint density at radius 1 is 1.00 bits per heavy atom. The van der Waals surface area contributed by atoms with Crippen LogP contribution in [0.2, 0.25) is 0 Å². The lowest BCUT2D eigenvalue weighted by molar-refractivity contribution is -0.144. The Kier molecular flexibility index (Phi) is 4.56. The van der Waals surface area contributed by atoms with Crippen LogP contribution in [0.25, 0.3) is 11.3 Å². The number of esters is 1. The smallest absolute Gasteiger partial charge is 0.449 e. The second-order valence-electron chi connectivity index (χ2n) is 5.23. The largest absolute Gasteiger partial charge is 0.456 e. The first kappa shape index (κ1) is 16.8. The molecule has 0 aliphatic rings. The third kappa shape index (κ3) is 3.88. The fraction of sp³-hybridized carbons (Fsp3) is 0.111. The van der Waals surface area contributed by atoms with Crippen molar-refractivity contribution in [1.29, 1.82) is 0 Å². The summed E-state index contributed by atoms with van der Waals surface area (Å²) in [7, 11) is 0. The fourth-order valence-electron chi connectivity index (χ4n) is 2.26. The molecule has 0 saturated heterocycles. The second-order valence-corrected chi connectivity index (χ2v) is 5.23. The number of benzene rings is 2. The van der Waals surface area contributed by atoms with E-state index in [0.29, 0.717) is 5.56 Å². The summed E-state index contributed by atoms with van der Waals surface area (Å²) in [5.74, 6) is -2.14. The minimum Gasteiger partial charge on any atom is -0.456 e. The normalized spacial score (nSPS) is 11.3. The Hall–Kier alpha value is -3.09. The molecule has 0 unspecified atom stereocenters. The van der Waals surface area contributed by atoms with Gasteiger partial charge >= 0.3 is 12.1 Å². The molecule has 25 heavy (non-hydrogen) atoms. The zero-order chi connectivity index (χ0) is 17.9. The zero-order valence-corrected chi connectivity index (χ0v) is 12.9. The Bertz CT molecular complexity index is 859. The molecule has 3 aromatic rings. The highest BCUT2D eigenvalue weighted by Gasteiger charge is 2.37. The first-order chi connectivity index (χ1) is 11.9. The van der Waals surface area contributed by atoms with Gasteiger partial charge in [0.2, 0.25) is 5.82 Å². The lowest BCUT2D eigenvalue weighted by Crippen LogP contribution is -2.10. The van der Waals surface area contributed by atoms with Crippen molar-refractivity contribution in [3.63, 3.8) is 0 Å². The highest BCUT2D eigenvalue weighted by Crippen LogP contribution is 2.31. The van der Waals surface area contributed by atoms with Crippen LogP contribution in [0.5, 0.6) is 0 Å². The number of halogens is 3. The van der Waals surface area contributed by atoms with E-state index in [4.69, 9.17) is 4.74 Å². The van der Waals surface area contributed by atoms with Gasteiger partial charge in [-0.05, 0) is 5.56 Å². The van der Waals surface area contributed by atoms with Crippen molar-refractivity contribution in [1.82, 2.24) is 9.97 Å². The molecule has 7 heteroatoms. The first-order valence-electron chi connectivity index (χ1n) is 7.39. The van der Waals surface area contributed by atoms with Crippen LogP contribution in [0.15, 0.2) is 60.7 Å². The SMILES string of the molecule is O=C(OCc1ccccc1)c1[nH]c(C(F)(F)F)nc1-c1ccccc1. The molecule has 0 aliphatic carbocycles. The van der Waals surface area contributed by atoms with Crippen molar-refractivity contribution in [2.75, 3.05) is 0 Å². The van der Waals surface area contributed by atoms with E-state index in [-0.39, 0.29) is 18.0 Å². The van der Waals surface area contributed by atoms with Crippen LogP contribution in [0, 0.1) is 0 Å². The van der Waals surface area contributed by atoms with Gasteiger partial charge < -0.3 is 9.72 Å². The van der Waals surface area contributed by atoms with E-state index in [1.807, 2.05) is 11.1 Å². The molecule has 0 radical (unpaired) electrons. The first-order valence-corrected chi connectivity index (χ1v) is 7.39. The average Bonchev–Trinajstić information content (AvgIpc) is 3.07. The van der Waals surface area contributed by atoms with E-state index in [1.165, 1.54) is 0 Å². The standard InChI is InChI=1S/C18H13F3N2O2/c19-18(20,21)17-22-14(13-9-5-2-6-10-13)15(23-17)16(24)25-11-12-7-3-1-4-8-12/h1-10H,11H2,(H,22,23). The van der Waals surface area contributed by atoms with Crippen molar-refractivity contribution in [3.8, 4) is 11.3 Å². The monoisotopic (exact) mass is 346 g/mol. The number of ether oxygens (including phenoxy) is 1. The molecule has 1 aromatic heterocycles. The van der Waals surface area contributed by atoms with Gasteiger partial charge in [0.25, 0.3) is 0 Å². The van der Waals surface area contributed by atoms with Gasteiger partial charge in [-0.2, -0.15) is 13.2 Å². The molecule has 128 valence electrons. The Morgan fingerprint density at radius 3 is 2.20 bits per heavy atom. The van der Waals surface area contributed by atoms with Crippen LogP contribution in [0.3, 0.4) is 0 Å². The van der Waals surface area contributed by atoms with E-state index in [0.717, 1.165) is 5.56 Å². The van der Waals surface area contributed by atoms with E-state index in [2.05, 4.69) is 4.98 Å². The van der Waals surface area contributed by atoms with Crippen molar-refractivity contribution < 1.29 is 22.7 Å². The lowest BCUT2D eigenvalue weighted by atomic mass is 10.1. The molecule has 0 spiro atoms. The predicted molar refractivity (Wildman–Crippen MR) is 84.6 cm³/mol. The van der Waals surface area contributed by atoms with E-state index >= 15 is 0 Å². The molecular formula is C18H13F3N2O2. The Morgan fingerprint density at radius 2 is 1.60 bits per heavy atom. The van der Waals surface area contributed by atoms with Gasteiger partial charge in [-0.15, -0.1) is 0 Å². The number of aromatic nitrogens is 2. The Balaban J connectivity index is 1.91. The summed E-state index contributed by atoms with van der Waals surface area (Å²) in [4.78, 5) is 17.9. The van der Waals surface area contributed by atoms with Crippen LogP contribution < -0.4 is 0 Å². The number of nitrogens with one attached hydrogen (secondary N) is 1. The van der Waals surface area contributed by atoms with Crippen LogP contribution in [-0.4, -0.2) is 15.9 Å². The van der Waals surface area contributed by atoms with Gasteiger partial charge in [0, 0.05) is 5.56 Å². The second kappa shape index (κ2) is 6.80. The van der Waals surface area contributed by atoms with Crippen molar-refractivity contribution in [2.45, 2.75) is 12.8 Å². The minimum atomic E-state index is -4.69. The third-order valence-electron chi connectivity index (χ3n) is 3.44. The number of nitrogens with zero attached hydrogens (tertiary/aromatic N) is 1. The molecule has 1 heterocycles. The molecule has 4 nitrogen and oxygen atoms in total. The van der Waals surface area contributed by atoms with Gasteiger partial charge in [-0.3, -0.25) is 0 Å². The summed E-state index contributed by atoms with van der Waals surface area (Å²) in [6, 6.07) is 17.0. The maximum atomic E-state index is 13.0. The lowest BCUT2D eigenvalue weighted by Gasteiger charge is -2.05. The number of imidazole rings is 1. The predicted octanol–water partition coefficient (Wildman–Crippen LogP) is 4.45. The van der Waals surface area contributed by atoms with Crippen LogP contribution in [0.4, 0.5) is 13.2 Å². The third-order valence-corrected chi connectivity index (χ3v) is 3.44. The molecule has 0 bridgehead atoms. The summed E-state index contributed by atoms with van der Waals surface area (Å²) in [6.45, 7) is -0.0473.